The third-order valence-electron chi connectivity index (χ3n) is 5.91. The van der Waals surface area contributed by atoms with Gasteiger partial charge in [0.2, 0.25) is 11.8 Å². The van der Waals surface area contributed by atoms with Gasteiger partial charge in [0, 0.05) is 23.5 Å². The first-order valence-electron chi connectivity index (χ1n) is 12.0. The molecule has 0 aromatic heterocycles. The number of nitrogens with zero attached hydrogens (tertiary/aromatic N) is 1. The Morgan fingerprint density at radius 3 is 2.23 bits per heavy atom. The number of hydrogen-bond donors (Lipinski definition) is 1. The summed E-state index contributed by atoms with van der Waals surface area (Å²) in [7, 11) is 0. The van der Waals surface area contributed by atoms with Crippen LogP contribution in [0.3, 0.4) is 0 Å². The van der Waals surface area contributed by atoms with E-state index in [0.717, 1.165) is 27.8 Å². The summed E-state index contributed by atoms with van der Waals surface area (Å²) < 4.78 is 0. The van der Waals surface area contributed by atoms with E-state index in [1.165, 1.54) is 0 Å². The minimum atomic E-state index is -0.689. The van der Waals surface area contributed by atoms with Crippen molar-refractivity contribution >= 4 is 23.4 Å². The first kappa shape index (κ1) is 26.5. The molecule has 3 aromatic carbocycles. The third kappa shape index (κ3) is 7.69. The fraction of sp³-hybridized carbons (Fsp3) is 0.333. The third-order valence-corrected chi connectivity index (χ3v) is 6.28. The number of benzene rings is 3. The zero-order valence-electron chi connectivity index (χ0n) is 21.3. The second kappa shape index (κ2) is 11.5. The van der Waals surface area contributed by atoms with E-state index in [0.29, 0.717) is 11.4 Å². The summed E-state index contributed by atoms with van der Waals surface area (Å²) in [6.07, 6.45) is 0.623. The smallest absolute Gasteiger partial charge is 0.243 e. The van der Waals surface area contributed by atoms with Crippen molar-refractivity contribution in [3.05, 3.63) is 106 Å². The van der Waals surface area contributed by atoms with Crippen LogP contribution < -0.4 is 5.32 Å². The molecule has 0 heterocycles. The molecule has 0 saturated heterocycles. The zero-order chi connectivity index (χ0) is 25.6. The van der Waals surface area contributed by atoms with Crippen molar-refractivity contribution in [2.45, 2.75) is 65.6 Å². The Bertz CT molecular complexity index is 1170. The lowest BCUT2D eigenvalue weighted by molar-refractivity contribution is -0.141. The van der Waals surface area contributed by atoms with E-state index >= 15 is 0 Å². The van der Waals surface area contributed by atoms with Crippen LogP contribution in [0.2, 0.25) is 5.02 Å². The Morgan fingerprint density at radius 1 is 0.914 bits per heavy atom. The number of hydrogen-bond acceptors (Lipinski definition) is 2. The van der Waals surface area contributed by atoms with Gasteiger partial charge in [0.15, 0.2) is 0 Å². The molecule has 1 atom stereocenters. The van der Waals surface area contributed by atoms with Crippen molar-refractivity contribution in [2.24, 2.45) is 0 Å². The number of nitrogens with one attached hydrogen (secondary N) is 1. The van der Waals surface area contributed by atoms with Gasteiger partial charge in [0.1, 0.15) is 6.04 Å². The lowest BCUT2D eigenvalue weighted by Crippen LogP contribution is -2.54. The molecule has 0 fully saturated rings. The van der Waals surface area contributed by atoms with Gasteiger partial charge in [-0.05, 0) is 62.9 Å². The van der Waals surface area contributed by atoms with E-state index in [2.05, 4.69) is 5.32 Å². The molecule has 3 aromatic rings. The molecule has 0 aliphatic heterocycles. The first-order valence-corrected chi connectivity index (χ1v) is 12.4. The highest BCUT2D eigenvalue weighted by Crippen LogP contribution is 2.22. The second-order valence-corrected chi connectivity index (χ2v) is 10.6. The van der Waals surface area contributed by atoms with Gasteiger partial charge in [-0.3, -0.25) is 9.59 Å². The highest BCUT2D eigenvalue weighted by Gasteiger charge is 2.32. The van der Waals surface area contributed by atoms with Gasteiger partial charge in [-0.15, -0.1) is 0 Å². The second-order valence-electron chi connectivity index (χ2n) is 10.2. The molecule has 0 bridgehead atoms. The van der Waals surface area contributed by atoms with Gasteiger partial charge < -0.3 is 10.2 Å². The number of carbonyl (C=O) groups excluding carboxylic acids is 2. The molecule has 0 radical (unpaired) electrons. The molecule has 2 amide bonds. The topological polar surface area (TPSA) is 49.4 Å². The van der Waals surface area contributed by atoms with Crippen LogP contribution in [0.15, 0.2) is 72.8 Å². The Kier molecular flexibility index (Phi) is 8.74. The Hall–Kier alpha value is -3.11. The van der Waals surface area contributed by atoms with E-state index < -0.39 is 11.6 Å². The number of carbonyl (C=O) groups is 2. The Balaban J connectivity index is 2.03. The van der Waals surface area contributed by atoms with Gasteiger partial charge in [-0.2, -0.15) is 0 Å². The lowest BCUT2D eigenvalue weighted by Gasteiger charge is -2.34. The SMILES string of the molecule is Cc1ccc(C)c(CC(=O)N(Cc2ccccc2Cl)C(Cc2ccccc2)C(=O)NC(C)(C)C)c1. The van der Waals surface area contributed by atoms with Crippen LogP contribution >= 0.6 is 11.6 Å². The van der Waals surface area contributed by atoms with Crippen LogP contribution in [0.25, 0.3) is 0 Å². The number of halogens is 1. The highest BCUT2D eigenvalue weighted by molar-refractivity contribution is 6.31. The lowest BCUT2D eigenvalue weighted by atomic mass is 9.98. The average molecular weight is 491 g/mol. The molecule has 0 saturated carbocycles. The van der Waals surface area contributed by atoms with Crippen LogP contribution in [0.1, 0.15) is 48.6 Å². The molecular weight excluding hydrogens is 456 g/mol. The molecule has 184 valence electrons. The summed E-state index contributed by atoms with van der Waals surface area (Å²) in [6, 6.07) is 22.7. The number of amides is 2. The van der Waals surface area contributed by atoms with Crippen molar-refractivity contribution in [3.8, 4) is 0 Å². The summed E-state index contributed by atoms with van der Waals surface area (Å²) in [6.45, 7) is 10.1. The summed E-state index contributed by atoms with van der Waals surface area (Å²) >= 11 is 6.49. The van der Waals surface area contributed by atoms with Crippen LogP contribution in [0.5, 0.6) is 0 Å². The summed E-state index contributed by atoms with van der Waals surface area (Å²) in [5.41, 5.74) is 4.49. The predicted octanol–water partition coefficient (Wildman–Crippen LogP) is 6.05. The van der Waals surface area contributed by atoms with Crippen LogP contribution in [0.4, 0.5) is 0 Å². The molecule has 5 heteroatoms. The standard InChI is InChI=1S/C30H35ClN2O2/c1-21-15-16-22(2)25(17-21)19-28(34)33(20-24-13-9-10-14-26(24)31)27(29(35)32-30(3,4)5)18-23-11-7-6-8-12-23/h6-17,27H,18-20H2,1-5H3,(H,32,35). The van der Waals surface area contributed by atoms with Crippen molar-refractivity contribution in [1.82, 2.24) is 10.2 Å². The van der Waals surface area contributed by atoms with Gasteiger partial charge in [0.05, 0.1) is 6.42 Å². The minimum absolute atomic E-state index is 0.108. The maximum atomic E-state index is 13.9. The van der Waals surface area contributed by atoms with Crippen LogP contribution in [-0.4, -0.2) is 28.3 Å². The molecule has 0 aliphatic rings. The minimum Gasteiger partial charge on any atom is -0.350 e. The van der Waals surface area contributed by atoms with Crippen molar-refractivity contribution < 1.29 is 9.59 Å². The molecule has 0 aliphatic carbocycles. The molecule has 1 N–H and O–H groups in total. The quantitative estimate of drug-likeness (QED) is 0.417. The van der Waals surface area contributed by atoms with E-state index in [1.54, 1.807) is 4.90 Å². The van der Waals surface area contributed by atoms with Crippen molar-refractivity contribution in [1.29, 1.82) is 0 Å². The fourth-order valence-corrected chi connectivity index (χ4v) is 4.27. The molecule has 1 unspecified atom stereocenters. The van der Waals surface area contributed by atoms with Crippen molar-refractivity contribution in [2.75, 3.05) is 0 Å². The van der Waals surface area contributed by atoms with Gasteiger partial charge in [-0.1, -0.05) is 83.9 Å². The van der Waals surface area contributed by atoms with Crippen LogP contribution in [-0.2, 0) is 29.0 Å². The van der Waals surface area contributed by atoms with Gasteiger partial charge in [-0.25, -0.2) is 0 Å². The molecule has 3 rings (SSSR count). The molecule has 35 heavy (non-hydrogen) atoms. The normalized spacial score (nSPS) is 12.2. The maximum absolute atomic E-state index is 13.9. The monoisotopic (exact) mass is 490 g/mol. The fourth-order valence-electron chi connectivity index (χ4n) is 4.07. The van der Waals surface area contributed by atoms with Crippen molar-refractivity contribution in [3.63, 3.8) is 0 Å². The van der Waals surface area contributed by atoms with E-state index in [4.69, 9.17) is 11.6 Å². The molecule has 0 spiro atoms. The largest absolute Gasteiger partial charge is 0.350 e. The summed E-state index contributed by atoms with van der Waals surface area (Å²) in [4.78, 5) is 29.2. The van der Waals surface area contributed by atoms with E-state index in [9.17, 15) is 9.59 Å². The maximum Gasteiger partial charge on any atom is 0.243 e. The first-order chi connectivity index (χ1) is 16.5. The Labute approximate surface area is 214 Å². The summed E-state index contributed by atoms with van der Waals surface area (Å²) in [5, 5.41) is 3.67. The predicted molar refractivity (Wildman–Crippen MR) is 143 cm³/mol. The molecule has 4 nitrogen and oxygen atoms in total. The van der Waals surface area contributed by atoms with Crippen LogP contribution in [0, 0.1) is 13.8 Å². The van der Waals surface area contributed by atoms with Gasteiger partial charge in [0.25, 0.3) is 0 Å². The molecular formula is C30H35ClN2O2. The summed E-state index contributed by atoms with van der Waals surface area (Å²) in [5.74, 6) is -0.286. The highest BCUT2D eigenvalue weighted by atomic mass is 35.5. The van der Waals surface area contributed by atoms with E-state index in [1.807, 2.05) is 107 Å². The zero-order valence-corrected chi connectivity index (χ0v) is 22.0. The van der Waals surface area contributed by atoms with E-state index in [-0.39, 0.29) is 24.8 Å². The Morgan fingerprint density at radius 2 is 1.57 bits per heavy atom. The van der Waals surface area contributed by atoms with Gasteiger partial charge >= 0.3 is 0 Å². The average Bonchev–Trinajstić information content (AvgIpc) is 2.79. The number of rotatable bonds is 8. The number of aryl methyl sites for hydroxylation is 2.